The summed E-state index contributed by atoms with van der Waals surface area (Å²) in [5.74, 6) is 9.24. The highest BCUT2D eigenvalue weighted by Crippen LogP contribution is 2.43. The van der Waals surface area contributed by atoms with Crippen LogP contribution in [0.25, 0.3) is 0 Å². The van der Waals surface area contributed by atoms with Gasteiger partial charge in [0.2, 0.25) is 71.4 Å². The van der Waals surface area contributed by atoms with Crippen LogP contribution in [-0.2, 0) is 0 Å². The van der Waals surface area contributed by atoms with Crippen molar-refractivity contribution in [3.05, 3.63) is 390 Å². The average Bonchev–Trinajstić information content (AvgIpc) is 0.784. The van der Waals surface area contributed by atoms with Crippen molar-refractivity contribution in [2.45, 2.75) is 12.8 Å². The zero-order chi connectivity index (χ0) is 95.2. The van der Waals surface area contributed by atoms with Gasteiger partial charge in [-0.05, 0) is 207 Å². The highest BCUT2D eigenvalue weighted by Gasteiger charge is 2.35. The van der Waals surface area contributed by atoms with Gasteiger partial charge in [-0.25, -0.2) is 119 Å². The van der Waals surface area contributed by atoms with Gasteiger partial charge in [0, 0.05) is 152 Å². The fraction of sp³-hybridized carbons (Fsp3) is 0.0980. The van der Waals surface area contributed by atoms with Crippen molar-refractivity contribution in [1.82, 2.24) is 140 Å². The Kier molecular flexibility index (Phi) is 26.7. The summed E-state index contributed by atoms with van der Waals surface area (Å²) in [5.41, 5.74) is 0. The van der Waals surface area contributed by atoms with E-state index in [4.69, 9.17) is 140 Å². The Morgan fingerprint density at radius 2 is 0.232 bits per heavy atom. The zero-order valence-corrected chi connectivity index (χ0v) is 75.9. The van der Waals surface area contributed by atoms with E-state index in [1.54, 1.807) is 138 Å². The molecule has 21 rings (SSSR count). The van der Waals surface area contributed by atoms with Gasteiger partial charge < -0.3 is 19.6 Å². The SMILES string of the molecule is c1ccc(N(c2ccccn2)c2nc(N3CCCN(c4nc(N(c5ccccn5)c5ccccn5)nc(N(c5ccccn5)c5ccccn5)n4)CCN(c4nc(N(c5ccccn5)c5ccccn5)nc(N(c5ccccn5)c5ccccn5)n4)CCCN(c4nc(N(c5ccccn5)c5ccccn5)nc(N(c5ccccn5)c5ccccn5)n4)CC3)nc(N(c3ccccn3)c3ccccn3)n2)nc1. The van der Waals surface area contributed by atoms with Crippen LogP contribution in [0.5, 0.6) is 0 Å². The van der Waals surface area contributed by atoms with Gasteiger partial charge in [-0.3, -0.25) is 0 Å². The number of pyridine rings is 16. The van der Waals surface area contributed by atoms with E-state index in [0.717, 1.165) is 0 Å². The van der Waals surface area contributed by atoms with Gasteiger partial charge in [0.25, 0.3) is 0 Å². The smallest absolute Gasteiger partial charge is 0.243 e. The van der Waals surface area contributed by atoms with E-state index < -0.39 is 0 Å². The number of rotatable bonds is 28. The summed E-state index contributed by atoms with van der Waals surface area (Å²) in [6.45, 7) is 1.24. The number of hydrogen-bond acceptors (Lipinski definition) is 40. The summed E-state index contributed by atoms with van der Waals surface area (Å²) < 4.78 is 0. The fourth-order valence-corrected chi connectivity index (χ4v) is 15.7. The molecule has 1 saturated heterocycles. The second kappa shape index (κ2) is 42.7. The molecule has 0 atom stereocenters. The summed E-state index contributed by atoms with van der Waals surface area (Å²) in [4.78, 5) is 169. The lowest BCUT2D eigenvalue weighted by Gasteiger charge is -2.34. The van der Waals surface area contributed by atoms with Crippen molar-refractivity contribution in [2.24, 2.45) is 0 Å². The van der Waals surface area contributed by atoms with Gasteiger partial charge in [-0.15, -0.1) is 0 Å². The lowest BCUT2D eigenvalue weighted by Crippen LogP contribution is -2.43. The van der Waals surface area contributed by atoms with Crippen LogP contribution in [0.3, 0.4) is 0 Å². The molecule has 0 N–H and O–H groups in total. The van der Waals surface area contributed by atoms with Crippen LogP contribution in [0.1, 0.15) is 12.8 Å². The molecule has 1 aliphatic heterocycles. The number of nitrogens with zero attached hydrogens (tertiary/aromatic N) is 40. The summed E-state index contributed by atoms with van der Waals surface area (Å²) >= 11 is 0. The Labute approximate surface area is 813 Å². The summed E-state index contributed by atoms with van der Waals surface area (Å²) in [7, 11) is 0. The Bertz CT molecular complexity index is 5810. The molecule has 40 nitrogen and oxygen atoms in total. The molecule has 20 aromatic rings. The highest BCUT2D eigenvalue weighted by molar-refractivity contribution is 5.79. The molecular formula is C102H84N40. The lowest BCUT2D eigenvalue weighted by molar-refractivity contribution is 0.610. The van der Waals surface area contributed by atoms with Crippen LogP contribution >= 0.6 is 0 Å². The van der Waals surface area contributed by atoms with Crippen molar-refractivity contribution in [1.29, 1.82) is 0 Å². The number of anilines is 28. The normalized spacial score (nSPS) is 12.5. The topological polar surface area (TPSA) is 400 Å². The Morgan fingerprint density at radius 1 is 0.127 bits per heavy atom. The molecule has 1 fully saturated rings. The van der Waals surface area contributed by atoms with E-state index in [0.29, 0.717) is 106 Å². The summed E-state index contributed by atoms with van der Waals surface area (Å²) in [5, 5.41) is 0. The standard InChI is InChI=1S/C102H84N40/c1-17-51-103-75(35-1)135(76-36-2-18-52-104-76)95-119-91(120-96(127-95)136(77-37-3-19-53-105-77)78-38-4-20-54-106-78)131-67-33-68-133(93-123-99(139(83-43-9-25-59-111-83)84-44-10-26-60-112-84)129-100(124-93)140(85-45-11-27-61-113-85)86-46-12-28-62-114-86)73-74-134(94-125-101(141(87-47-13-29-63-115-87)88-48-14-30-64-116-88)130-102(126-94)142(89-49-15-31-65-117-89)90-50-16-32-66-118-90)70-34-69-132(72-71-131)92-121-97(137(79-39-5-21-55-107-79)80-40-6-22-56-108-80)128-98(122-92)138(81-41-7-23-57-109-81)82-42-8-24-58-110-82/h1-32,35-66H,33-34,67-74H2. The van der Waals surface area contributed by atoms with Crippen LogP contribution in [0.15, 0.2) is 390 Å². The maximum absolute atomic E-state index is 5.65. The predicted molar refractivity (Wildman–Crippen MR) is 540 cm³/mol. The Morgan fingerprint density at radius 3 is 0.324 bits per heavy atom. The maximum Gasteiger partial charge on any atom is 0.243 e. The predicted octanol–water partition coefficient (Wildman–Crippen LogP) is 17.6. The fourth-order valence-electron chi connectivity index (χ4n) is 15.7. The Hall–Kier alpha value is -20.0. The second-order valence-corrected chi connectivity index (χ2v) is 31.3. The zero-order valence-electron chi connectivity index (χ0n) is 75.9. The van der Waals surface area contributed by atoms with Crippen LogP contribution < -0.4 is 58.8 Å². The second-order valence-electron chi connectivity index (χ2n) is 31.3. The summed E-state index contributed by atoms with van der Waals surface area (Å²) in [6, 6.07) is 89.9. The van der Waals surface area contributed by atoms with Crippen molar-refractivity contribution in [2.75, 3.05) is 111 Å². The van der Waals surface area contributed by atoms with Crippen LogP contribution in [-0.4, -0.2) is 192 Å². The van der Waals surface area contributed by atoms with Gasteiger partial charge in [-0.1, -0.05) is 97.1 Å². The first-order chi connectivity index (χ1) is 70.5. The molecule has 692 valence electrons. The van der Waals surface area contributed by atoms with Gasteiger partial charge >= 0.3 is 0 Å². The van der Waals surface area contributed by atoms with E-state index in [9.17, 15) is 0 Å². The van der Waals surface area contributed by atoms with E-state index in [-0.39, 0.29) is 124 Å². The minimum Gasteiger partial charge on any atom is -0.339 e. The third-order valence-corrected chi connectivity index (χ3v) is 22.2. The largest absolute Gasteiger partial charge is 0.339 e. The quantitative estimate of drug-likeness (QED) is 0.0439. The van der Waals surface area contributed by atoms with E-state index >= 15 is 0 Å². The number of hydrogen-bond donors (Lipinski definition) is 0. The molecule has 0 bridgehead atoms. The third kappa shape index (κ3) is 20.2. The first-order valence-electron chi connectivity index (χ1n) is 45.5. The van der Waals surface area contributed by atoms with Crippen molar-refractivity contribution in [3.63, 3.8) is 0 Å². The van der Waals surface area contributed by atoms with E-state index in [1.165, 1.54) is 0 Å². The molecule has 0 saturated carbocycles. The Balaban J connectivity index is 0.809. The monoisotopic (exact) mass is 1870 g/mol. The van der Waals surface area contributed by atoms with Gasteiger partial charge in [0.15, 0.2) is 0 Å². The molecule has 0 radical (unpaired) electrons. The van der Waals surface area contributed by atoms with Crippen molar-refractivity contribution in [3.8, 4) is 0 Å². The van der Waals surface area contributed by atoms with Crippen LogP contribution in [0, 0.1) is 0 Å². The molecule has 40 heteroatoms. The van der Waals surface area contributed by atoms with E-state index in [1.807, 2.05) is 291 Å². The van der Waals surface area contributed by atoms with Crippen molar-refractivity contribution < 1.29 is 0 Å². The highest BCUT2D eigenvalue weighted by atomic mass is 15.5. The molecule has 142 heavy (non-hydrogen) atoms. The molecule has 1 aliphatic rings. The molecule has 21 heterocycles. The minimum absolute atomic E-state index is 0.123. The molecule has 0 amide bonds. The molecule has 0 spiro atoms. The molecule has 20 aromatic heterocycles. The molecule has 0 aliphatic carbocycles. The molecule has 0 aromatic carbocycles. The van der Waals surface area contributed by atoms with Gasteiger partial charge in [0.05, 0.1) is 0 Å². The van der Waals surface area contributed by atoms with Gasteiger partial charge in [0.1, 0.15) is 93.1 Å². The minimum atomic E-state index is 0.123. The lowest BCUT2D eigenvalue weighted by atomic mass is 10.3. The van der Waals surface area contributed by atoms with Crippen molar-refractivity contribution >= 4 is 164 Å². The van der Waals surface area contributed by atoms with Gasteiger partial charge in [-0.2, -0.15) is 59.8 Å². The van der Waals surface area contributed by atoms with Crippen LogP contribution in [0.2, 0.25) is 0 Å². The maximum atomic E-state index is 5.65. The van der Waals surface area contributed by atoms with Crippen LogP contribution in [0.4, 0.5) is 164 Å². The van der Waals surface area contributed by atoms with E-state index in [2.05, 4.69) is 19.6 Å². The first-order valence-corrected chi connectivity index (χ1v) is 45.5. The summed E-state index contributed by atoms with van der Waals surface area (Å²) in [6.07, 6.45) is 27.9. The first kappa shape index (κ1) is 88.6. The molecule has 0 unspecified atom stereocenters. The number of aromatic nitrogens is 28. The molecular weight excluding hydrogens is 1790 g/mol. The average molecular weight is 1870 g/mol. The third-order valence-electron chi connectivity index (χ3n) is 22.2.